The van der Waals surface area contributed by atoms with Gasteiger partial charge in [0.1, 0.15) is 12.1 Å². The van der Waals surface area contributed by atoms with Crippen molar-refractivity contribution in [2.45, 2.75) is 13.3 Å². The van der Waals surface area contributed by atoms with Gasteiger partial charge >= 0.3 is 0 Å². The number of imidazole rings is 1. The first kappa shape index (κ1) is 20.8. The van der Waals surface area contributed by atoms with Crippen molar-refractivity contribution < 1.29 is 9.90 Å². The minimum absolute atomic E-state index is 0.00603. The van der Waals surface area contributed by atoms with E-state index in [-0.39, 0.29) is 11.5 Å². The minimum atomic E-state index is -0.00603. The van der Waals surface area contributed by atoms with E-state index in [1.54, 1.807) is 42.8 Å². The number of anilines is 1. The quantitative estimate of drug-likeness (QED) is 0.332. The van der Waals surface area contributed by atoms with Crippen LogP contribution in [0.1, 0.15) is 22.8 Å². The highest BCUT2D eigenvalue weighted by atomic mass is 32.1. The Hall–Kier alpha value is -4.04. The number of rotatable bonds is 7. The van der Waals surface area contributed by atoms with Gasteiger partial charge in [0.15, 0.2) is 28.6 Å². The fourth-order valence-electron chi connectivity index (χ4n) is 3.60. The summed E-state index contributed by atoms with van der Waals surface area (Å²) in [5, 5.41) is 16.9. The van der Waals surface area contributed by atoms with Gasteiger partial charge in [-0.1, -0.05) is 30.3 Å². The highest BCUT2D eigenvalue weighted by molar-refractivity contribution is 7.08. The van der Waals surface area contributed by atoms with Crippen molar-refractivity contribution in [3.05, 3.63) is 82.8 Å². The molecule has 0 aliphatic rings. The largest absolute Gasteiger partial charge is 0.508 e. The van der Waals surface area contributed by atoms with Crippen LogP contribution in [0.25, 0.3) is 28.2 Å². The standard InChI is InChI=1S/C25H21N5O2S/c1-16(31)18-3-2-4-19(13-18)23-28-24(26-11-9-17-5-7-21(32)8-6-17)22-25(29-23)30(15-27-22)20-10-12-33-14-20/h2-8,10,12-15,32H,9,11H2,1H3,(H,26,28,29). The number of nitrogens with zero attached hydrogens (tertiary/aromatic N) is 4. The smallest absolute Gasteiger partial charge is 0.170 e. The van der Waals surface area contributed by atoms with Gasteiger partial charge < -0.3 is 10.4 Å². The predicted molar refractivity (Wildman–Crippen MR) is 130 cm³/mol. The van der Waals surface area contributed by atoms with Crippen molar-refractivity contribution in [2.24, 2.45) is 0 Å². The lowest BCUT2D eigenvalue weighted by Crippen LogP contribution is -2.08. The van der Waals surface area contributed by atoms with Crippen molar-refractivity contribution in [3.8, 4) is 22.8 Å². The van der Waals surface area contributed by atoms with Crippen LogP contribution >= 0.6 is 11.3 Å². The van der Waals surface area contributed by atoms with Crippen molar-refractivity contribution in [3.63, 3.8) is 0 Å². The topological polar surface area (TPSA) is 92.9 Å². The van der Waals surface area contributed by atoms with Gasteiger partial charge in [0.05, 0.1) is 5.69 Å². The van der Waals surface area contributed by atoms with E-state index in [4.69, 9.17) is 9.97 Å². The molecule has 7 nitrogen and oxygen atoms in total. The third-order valence-corrected chi connectivity index (χ3v) is 6.02. The van der Waals surface area contributed by atoms with E-state index < -0.39 is 0 Å². The Balaban J connectivity index is 1.54. The summed E-state index contributed by atoms with van der Waals surface area (Å²) < 4.78 is 1.94. The molecule has 8 heteroatoms. The Morgan fingerprint density at radius 3 is 2.73 bits per heavy atom. The molecule has 0 amide bonds. The average Bonchev–Trinajstić information content (AvgIpc) is 3.50. The highest BCUT2D eigenvalue weighted by Crippen LogP contribution is 2.27. The summed E-state index contributed by atoms with van der Waals surface area (Å²) in [5.41, 5.74) is 4.84. The first-order valence-corrected chi connectivity index (χ1v) is 11.4. The van der Waals surface area contributed by atoms with Crippen LogP contribution in [-0.4, -0.2) is 37.0 Å². The number of fused-ring (bicyclic) bond motifs is 1. The van der Waals surface area contributed by atoms with Gasteiger partial charge in [-0.25, -0.2) is 15.0 Å². The molecule has 0 spiro atoms. The summed E-state index contributed by atoms with van der Waals surface area (Å²) in [6.07, 6.45) is 2.51. The molecule has 0 saturated heterocycles. The lowest BCUT2D eigenvalue weighted by atomic mass is 10.1. The summed E-state index contributed by atoms with van der Waals surface area (Å²) in [4.78, 5) is 26.1. The maximum atomic E-state index is 11.9. The summed E-state index contributed by atoms with van der Waals surface area (Å²) in [6.45, 7) is 2.18. The molecule has 0 aliphatic heterocycles. The van der Waals surface area contributed by atoms with Gasteiger partial charge in [0.2, 0.25) is 0 Å². The minimum Gasteiger partial charge on any atom is -0.508 e. The normalized spacial score (nSPS) is 11.1. The van der Waals surface area contributed by atoms with Crippen LogP contribution < -0.4 is 5.32 Å². The lowest BCUT2D eigenvalue weighted by molar-refractivity contribution is 0.101. The molecule has 0 unspecified atom stereocenters. The van der Waals surface area contributed by atoms with E-state index in [0.29, 0.717) is 34.9 Å². The number of Topliss-reactive ketones (excluding diaryl/α,β-unsaturated/α-hetero) is 1. The number of hydrogen-bond donors (Lipinski definition) is 2. The maximum absolute atomic E-state index is 11.9. The Kier molecular flexibility index (Phi) is 5.58. The Morgan fingerprint density at radius 1 is 1.12 bits per heavy atom. The number of hydrogen-bond acceptors (Lipinski definition) is 7. The zero-order valence-electron chi connectivity index (χ0n) is 17.9. The Labute approximate surface area is 194 Å². The van der Waals surface area contributed by atoms with Gasteiger partial charge in [-0.2, -0.15) is 11.3 Å². The molecule has 0 atom stereocenters. The highest BCUT2D eigenvalue weighted by Gasteiger charge is 2.16. The zero-order valence-corrected chi connectivity index (χ0v) is 18.7. The van der Waals surface area contributed by atoms with Gasteiger partial charge in [-0.15, -0.1) is 0 Å². The van der Waals surface area contributed by atoms with Crippen molar-refractivity contribution in [1.82, 2.24) is 19.5 Å². The van der Waals surface area contributed by atoms with Gasteiger partial charge in [0.25, 0.3) is 0 Å². The van der Waals surface area contributed by atoms with Crippen LogP contribution in [0.15, 0.2) is 71.7 Å². The van der Waals surface area contributed by atoms with E-state index >= 15 is 0 Å². The Morgan fingerprint density at radius 2 is 1.97 bits per heavy atom. The van der Waals surface area contributed by atoms with E-state index in [2.05, 4.69) is 10.3 Å². The average molecular weight is 456 g/mol. The third kappa shape index (κ3) is 4.33. The van der Waals surface area contributed by atoms with E-state index in [1.807, 2.05) is 51.7 Å². The third-order valence-electron chi connectivity index (χ3n) is 5.35. The van der Waals surface area contributed by atoms with E-state index in [1.165, 1.54) is 0 Å². The Bertz CT molecular complexity index is 1430. The molecule has 2 aromatic carbocycles. The van der Waals surface area contributed by atoms with E-state index in [0.717, 1.165) is 23.2 Å². The maximum Gasteiger partial charge on any atom is 0.170 e. The number of phenolic OH excluding ortho intramolecular Hbond substituents is 1. The number of aromatic nitrogens is 4. The van der Waals surface area contributed by atoms with Gasteiger partial charge in [-0.05, 0) is 48.6 Å². The second-order valence-corrected chi connectivity index (χ2v) is 8.42. The summed E-state index contributed by atoms with van der Waals surface area (Å²) in [5.74, 6) is 1.40. The number of ketones is 1. The van der Waals surface area contributed by atoms with Crippen molar-refractivity contribution in [2.75, 3.05) is 11.9 Å². The molecule has 0 radical (unpaired) electrons. The summed E-state index contributed by atoms with van der Waals surface area (Å²) >= 11 is 1.61. The first-order valence-electron chi connectivity index (χ1n) is 10.5. The molecule has 164 valence electrons. The van der Waals surface area contributed by atoms with Crippen LogP contribution in [-0.2, 0) is 6.42 Å². The fraction of sp³-hybridized carbons (Fsp3) is 0.120. The molecule has 0 bridgehead atoms. The molecule has 0 aliphatic carbocycles. The number of thiophene rings is 1. The van der Waals surface area contributed by atoms with Crippen molar-refractivity contribution >= 4 is 34.1 Å². The number of carbonyl (C=O) groups is 1. The summed E-state index contributed by atoms with van der Waals surface area (Å²) in [6, 6.07) is 16.5. The number of benzene rings is 2. The second-order valence-electron chi connectivity index (χ2n) is 7.64. The second kappa shape index (κ2) is 8.84. The molecule has 3 aromatic heterocycles. The lowest BCUT2D eigenvalue weighted by Gasteiger charge is -2.10. The molecule has 33 heavy (non-hydrogen) atoms. The molecule has 5 rings (SSSR count). The molecule has 0 saturated carbocycles. The fourth-order valence-corrected chi connectivity index (χ4v) is 4.23. The molecular weight excluding hydrogens is 434 g/mol. The van der Waals surface area contributed by atoms with Gasteiger partial charge in [0, 0.05) is 23.1 Å². The predicted octanol–water partition coefficient (Wildman–Crippen LogP) is 5.11. The number of carbonyl (C=O) groups excluding carboxylic acids is 1. The van der Waals surface area contributed by atoms with Crippen LogP contribution in [0.4, 0.5) is 5.82 Å². The number of phenols is 1. The van der Waals surface area contributed by atoms with Gasteiger partial charge in [-0.3, -0.25) is 9.36 Å². The monoisotopic (exact) mass is 455 g/mol. The molecule has 5 aromatic rings. The summed E-state index contributed by atoms with van der Waals surface area (Å²) in [7, 11) is 0. The zero-order chi connectivity index (χ0) is 22.8. The number of aromatic hydroxyl groups is 1. The van der Waals surface area contributed by atoms with E-state index in [9.17, 15) is 9.90 Å². The van der Waals surface area contributed by atoms with Crippen LogP contribution in [0.3, 0.4) is 0 Å². The molecule has 2 N–H and O–H groups in total. The first-order chi connectivity index (χ1) is 16.1. The van der Waals surface area contributed by atoms with Crippen LogP contribution in [0.2, 0.25) is 0 Å². The molecule has 3 heterocycles. The molecule has 0 fully saturated rings. The SMILES string of the molecule is CC(=O)c1cccc(-c2nc(NCCc3ccc(O)cc3)c3ncn(-c4ccsc4)c3n2)c1. The van der Waals surface area contributed by atoms with Crippen LogP contribution in [0.5, 0.6) is 5.75 Å². The molecular formula is C25H21N5O2S. The van der Waals surface area contributed by atoms with Crippen LogP contribution in [0, 0.1) is 0 Å². The number of nitrogens with one attached hydrogen (secondary N) is 1. The van der Waals surface area contributed by atoms with Crippen molar-refractivity contribution in [1.29, 1.82) is 0 Å².